The van der Waals surface area contributed by atoms with Crippen LogP contribution in [0.1, 0.15) is 67.7 Å². The first-order valence-corrected chi connectivity index (χ1v) is 13.5. The fourth-order valence-electron chi connectivity index (χ4n) is 7.06. The second-order valence-electron chi connectivity index (χ2n) is 11.7. The summed E-state index contributed by atoms with van der Waals surface area (Å²) < 4.78 is 34.9. The molecule has 1 spiro atoms. The Hall–Kier alpha value is -2.99. The fraction of sp³-hybridized carbons (Fsp3) is 0.750. The minimum atomic E-state index is -2.11. The maximum Gasteiger partial charge on any atom is 0.312 e. The van der Waals surface area contributed by atoms with Crippen molar-refractivity contribution in [2.45, 2.75) is 109 Å². The summed E-state index contributed by atoms with van der Waals surface area (Å²) in [6.45, 7) is 9.97. The Bertz CT molecular complexity index is 1120. The van der Waals surface area contributed by atoms with Crippen LogP contribution in [0.4, 0.5) is 0 Å². The highest BCUT2D eigenvalue weighted by Gasteiger charge is 2.75. The standard InChI is InChI=1S/C28H38O12/c1-13-10-22-28(34,14(2)25(33)40-22)24(39-18(6)32)23-26(7,20(37-16(4)30)8-9-27(23)12-35-27)21(38-17(5)31)11-19(13)36-15(3)29/h10,14,19-24,34H,8-9,11-12H2,1-7H3/t14-,19-,20-,21-,22-,23+,24-,26+,27-,28-/m0/s1. The molecule has 0 radical (unpaired) electrons. The number of aliphatic hydroxyl groups is 1. The highest BCUT2D eigenvalue weighted by Crippen LogP contribution is 2.62. The summed E-state index contributed by atoms with van der Waals surface area (Å²) in [6, 6.07) is 0. The van der Waals surface area contributed by atoms with Crippen molar-refractivity contribution in [2.75, 3.05) is 6.61 Å². The third-order valence-corrected chi connectivity index (χ3v) is 9.04. The maximum atomic E-state index is 13.0. The maximum absolute atomic E-state index is 13.0. The van der Waals surface area contributed by atoms with Crippen LogP contribution >= 0.6 is 0 Å². The van der Waals surface area contributed by atoms with Gasteiger partial charge in [-0.05, 0) is 38.3 Å². The van der Waals surface area contributed by atoms with Crippen molar-refractivity contribution >= 4 is 29.8 Å². The summed E-state index contributed by atoms with van der Waals surface area (Å²) in [4.78, 5) is 62.6. The average molecular weight is 567 g/mol. The Morgan fingerprint density at radius 1 is 0.950 bits per heavy atom. The van der Waals surface area contributed by atoms with Crippen molar-refractivity contribution in [1.82, 2.24) is 0 Å². The van der Waals surface area contributed by atoms with E-state index in [1.54, 1.807) is 13.8 Å². The van der Waals surface area contributed by atoms with Gasteiger partial charge < -0.3 is 33.5 Å². The number of rotatable bonds is 4. The van der Waals surface area contributed by atoms with E-state index >= 15 is 0 Å². The van der Waals surface area contributed by atoms with Crippen molar-refractivity contribution in [1.29, 1.82) is 0 Å². The SMILES string of the molecule is CC(=O)O[C@H]1C[C@H](OC(C)=O)[C@@]2(C)[C@@H](OC(C)=O)CC[C@]3(CO3)[C@@H]2[C@H](OC(C)=O)[C@@]2(O)[C@H](C=C1C)OC(=O)[C@@H]2C. The van der Waals surface area contributed by atoms with Crippen molar-refractivity contribution < 1.29 is 57.5 Å². The topological polar surface area (TPSA) is 164 Å². The lowest BCUT2D eigenvalue weighted by Gasteiger charge is -2.57. The quantitative estimate of drug-likeness (QED) is 0.226. The highest BCUT2D eigenvalue weighted by molar-refractivity contribution is 5.78. The lowest BCUT2D eigenvalue weighted by atomic mass is 9.52. The summed E-state index contributed by atoms with van der Waals surface area (Å²) in [5, 5.41) is 12.5. The van der Waals surface area contributed by atoms with Crippen molar-refractivity contribution in [3.63, 3.8) is 0 Å². The molecule has 4 rings (SSSR count). The van der Waals surface area contributed by atoms with E-state index in [1.807, 2.05) is 0 Å². The number of carbonyl (C=O) groups excluding carboxylic acids is 5. The minimum absolute atomic E-state index is 0.0518. The molecule has 0 aromatic carbocycles. The number of fused-ring (bicyclic) bond motifs is 3. The van der Waals surface area contributed by atoms with Crippen molar-refractivity contribution in [2.24, 2.45) is 17.3 Å². The molecule has 3 fully saturated rings. The molecule has 0 bridgehead atoms. The summed E-state index contributed by atoms with van der Waals surface area (Å²) in [7, 11) is 0. The van der Waals surface area contributed by atoms with E-state index in [4.69, 9.17) is 28.4 Å². The zero-order valence-electron chi connectivity index (χ0n) is 23.9. The molecule has 0 aromatic heterocycles. The van der Waals surface area contributed by atoms with Crippen LogP contribution in [0.15, 0.2) is 11.6 Å². The molecule has 2 aliphatic heterocycles. The molecule has 12 heteroatoms. The Kier molecular flexibility index (Phi) is 7.83. The second-order valence-corrected chi connectivity index (χ2v) is 11.7. The van der Waals surface area contributed by atoms with Crippen molar-refractivity contribution in [3.05, 3.63) is 11.6 Å². The third-order valence-electron chi connectivity index (χ3n) is 9.04. The molecule has 0 aromatic rings. The fourth-order valence-corrected chi connectivity index (χ4v) is 7.06. The van der Waals surface area contributed by atoms with E-state index in [0.29, 0.717) is 18.4 Å². The van der Waals surface area contributed by atoms with Crippen LogP contribution in [0.5, 0.6) is 0 Å². The minimum Gasteiger partial charge on any atom is -0.462 e. The highest BCUT2D eigenvalue weighted by atomic mass is 16.6. The van der Waals surface area contributed by atoms with Crippen LogP contribution < -0.4 is 0 Å². The van der Waals surface area contributed by atoms with E-state index in [-0.39, 0.29) is 13.0 Å². The van der Waals surface area contributed by atoms with Crippen molar-refractivity contribution in [3.8, 4) is 0 Å². The van der Waals surface area contributed by atoms with Crippen LogP contribution in [0.2, 0.25) is 0 Å². The molecule has 2 saturated heterocycles. The molecule has 0 unspecified atom stereocenters. The molecule has 2 aliphatic carbocycles. The van der Waals surface area contributed by atoms with E-state index in [0.717, 1.165) is 0 Å². The molecular formula is C28H38O12. The first kappa shape index (κ1) is 30.0. The Morgan fingerprint density at radius 2 is 1.50 bits per heavy atom. The summed E-state index contributed by atoms with van der Waals surface area (Å²) in [5.74, 6) is -5.37. The third kappa shape index (κ3) is 5.00. The van der Waals surface area contributed by atoms with Gasteiger partial charge in [-0.25, -0.2) is 0 Å². The van der Waals surface area contributed by atoms with Gasteiger partial charge in [-0.3, -0.25) is 24.0 Å². The van der Waals surface area contributed by atoms with Crippen LogP contribution in [0.3, 0.4) is 0 Å². The van der Waals surface area contributed by atoms with Gasteiger partial charge in [-0.2, -0.15) is 0 Å². The van der Waals surface area contributed by atoms with E-state index in [1.165, 1.54) is 40.7 Å². The van der Waals surface area contributed by atoms with Gasteiger partial charge in [0.2, 0.25) is 0 Å². The summed E-state index contributed by atoms with van der Waals surface area (Å²) in [5.41, 5.74) is -4.00. The van der Waals surface area contributed by atoms with Crippen LogP contribution in [-0.2, 0) is 52.4 Å². The Morgan fingerprint density at radius 3 is 2.02 bits per heavy atom. The number of hydrogen-bond acceptors (Lipinski definition) is 12. The molecule has 222 valence electrons. The summed E-state index contributed by atoms with van der Waals surface area (Å²) in [6.07, 6.45) is -3.48. The van der Waals surface area contributed by atoms with Gasteiger partial charge in [0.15, 0.2) is 11.7 Å². The van der Waals surface area contributed by atoms with Crippen LogP contribution in [0.25, 0.3) is 0 Å². The first-order chi connectivity index (χ1) is 18.6. The predicted molar refractivity (Wildman–Crippen MR) is 134 cm³/mol. The number of esters is 5. The molecule has 1 N–H and O–H groups in total. The molecule has 40 heavy (non-hydrogen) atoms. The lowest BCUT2D eigenvalue weighted by Crippen LogP contribution is -2.69. The Labute approximate surface area is 232 Å². The number of carbonyl (C=O) groups is 5. The largest absolute Gasteiger partial charge is 0.462 e. The molecule has 10 atom stereocenters. The van der Waals surface area contributed by atoms with Crippen LogP contribution in [-0.4, -0.2) is 83.3 Å². The monoisotopic (exact) mass is 566 g/mol. The van der Waals surface area contributed by atoms with Gasteiger partial charge in [-0.1, -0.05) is 6.92 Å². The number of hydrogen-bond donors (Lipinski definition) is 1. The molecule has 2 heterocycles. The molecule has 1 saturated carbocycles. The summed E-state index contributed by atoms with van der Waals surface area (Å²) >= 11 is 0. The second kappa shape index (κ2) is 10.4. The lowest BCUT2D eigenvalue weighted by molar-refractivity contribution is -0.244. The molecule has 0 amide bonds. The zero-order valence-corrected chi connectivity index (χ0v) is 23.9. The predicted octanol–water partition coefficient (Wildman–Crippen LogP) is 1.54. The molecule has 4 aliphatic rings. The zero-order chi connectivity index (χ0) is 29.8. The van der Waals surface area contributed by atoms with Gasteiger partial charge in [0.05, 0.1) is 23.5 Å². The van der Waals surface area contributed by atoms with Crippen LogP contribution in [0, 0.1) is 17.3 Å². The Balaban J connectivity index is 2.05. The van der Waals surface area contributed by atoms with Gasteiger partial charge in [0.1, 0.15) is 24.4 Å². The number of ether oxygens (including phenoxy) is 6. The van der Waals surface area contributed by atoms with E-state index in [9.17, 15) is 29.1 Å². The van der Waals surface area contributed by atoms with E-state index in [2.05, 4.69) is 0 Å². The van der Waals surface area contributed by atoms with Gasteiger partial charge in [0, 0.05) is 40.0 Å². The first-order valence-electron chi connectivity index (χ1n) is 13.5. The smallest absolute Gasteiger partial charge is 0.312 e. The van der Waals surface area contributed by atoms with Gasteiger partial charge >= 0.3 is 29.8 Å². The number of epoxide rings is 1. The molecular weight excluding hydrogens is 528 g/mol. The van der Waals surface area contributed by atoms with Gasteiger partial charge in [-0.15, -0.1) is 0 Å². The van der Waals surface area contributed by atoms with E-state index < -0.39 is 88.8 Å². The molecule has 12 nitrogen and oxygen atoms in total. The van der Waals surface area contributed by atoms with Gasteiger partial charge in [0.25, 0.3) is 0 Å². The normalized spacial score (nSPS) is 42.4. The average Bonchev–Trinajstić information content (AvgIpc) is 3.56.